The molecule has 0 fully saturated rings. The summed E-state index contributed by atoms with van der Waals surface area (Å²) >= 11 is 5.60. The zero-order chi connectivity index (χ0) is 15.0. The summed E-state index contributed by atoms with van der Waals surface area (Å²) < 4.78 is 10.9. The van der Waals surface area contributed by atoms with Gasteiger partial charge in [0.15, 0.2) is 0 Å². The molecule has 0 aliphatic rings. The molecule has 1 atom stereocenters. The fourth-order valence-corrected chi connectivity index (χ4v) is 1.78. The van der Waals surface area contributed by atoms with Crippen molar-refractivity contribution in [2.45, 2.75) is 6.42 Å². The summed E-state index contributed by atoms with van der Waals surface area (Å²) in [6.07, 6.45) is 6.27. The molecule has 0 bridgehead atoms. The van der Waals surface area contributed by atoms with E-state index in [9.17, 15) is 9.00 Å². The molecule has 1 unspecified atom stereocenters. The van der Waals surface area contributed by atoms with Crippen LogP contribution in [0.1, 0.15) is 6.42 Å². The van der Waals surface area contributed by atoms with Gasteiger partial charge in [0.05, 0.1) is 17.6 Å². The first-order valence-corrected chi connectivity index (χ1v) is 7.80. The molecule has 8 heteroatoms. The van der Waals surface area contributed by atoms with Gasteiger partial charge >= 0.3 is 0 Å². The van der Waals surface area contributed by atoms with Gasteiger partial charge in [-0.1, -0.05) is 11.6 Å². The van der Waals surface area contributed by atoms with E-state index in [2.05, 4.69) is 15.6 Å². The van der Waals surface area contributed by atoms with E-state index >= 15 is 0 Å². The molecule has 0 aliphatic carbocycles. The topological polar surface area (TPSA) is 94.9 Å². The highest BCUT2D eigenvalue weighted by atomic mass is 35.5. The van der Waals surface area contributed by atoms with E-state index in [1.54, 1.807) is 24.5 Å². The molecule has 0 spiro atoms. The van der Waals surface area contributed by atoms with Crippen LogP contribution in [0.5, 0.6) is 0 Å². The van der Waals surface area contributed by atoms with Gasteiger partial charge in [-0.15, -0.1) is 0 Å². The van der Waals surface area contributed by atoms with E-state index in [0.717, 1.165) is 0 Å². The first-order chi connectivity index (χ1) is 9.49. The minimum atomic E-state index is -1.04. The van der Waals surface area contributed by atoms with Crippen molar-refractivity contribution >= 4 is 39.2 Å². The van der Waals surface area contributed by atoms with E-state index in [-0.39, 0.29) is 28.9 Å². The number of pyridine rings is 1. The van der Waals surface area contributed by atoms with Crippen LogP contribution < -0.4 is 10.6 Å². The second-order valence-corrected chi connectivity index (χ2v) is 5.77. The van der Waals surface area contributed by atoms with Crippen molar-refractivity contribution < 1.29 is 9.00 Å². The van der Waals surface area contributed by atoms with Crippen LogP contribution >= 0.6 is 11.6 Å². The Morgan fingerprint density at radius 3 is 2.90 bits per heavy atom. The zero-order valence-electron chi connectivity index (χ0n) is 10.9. The fourth-order valence-electron chi connectivity index (χ4n) is 1.21. The van der Waals surface area contributed by atoms with Crippen molar-refractivity contribution in [3.63, 3.8) is 0 Å². The predicted molar refractivity (Wildman–Crippen MR) is 81.2 cm³/mol. The molecule has 1 rings (SSSR count). The van der Waals surface area contributed by atoms with Crippen LogP contribution in [0.15, 0.2) is 36.4 Å². The van der Waals surface area contributed by atoms with Crippen LogP contribution in [0.2, 0.25) is 0 Å². The van der Waals surface area contributed by atoms with Gasteiger partial charge in [0.25, 0.3) is 0 Å². The normalized spacial score (nSPS) is 12.6. The Morgan fingerprint density at radius 2 is 2.35 bits per heavy atom. The second kappa shape index (κ2) is 8.44. The lowest BCUT2D eigenvalue weighted by atomic mass is 10.4. The van der Waals surface area contributed by atoms with E-state index < -0.39 is 10.8 Å². The Bertz CT molecular complexity index is 534. The average molecular weight is 315 g/mol. The molecule has 0 saturated carbocycles. The molecule has 0 aliphatic heterocycles. The molecule has 1 aromatic rings. The molecule has 0 radical (unpaired) electrons. The van der Waals surface area contributed by atoms with Gasteiger partial charge in [-0.05, 0) is 12.1 Å². The summed E-state index contributed by atoms with van der Waals surface area (Å²) in [6.45, 7) is 0. The third-order valence-corrected chi connectivity index (χ3v) is 3.15. The highest BCUT2D eigenvalue weighted by Crippen LogP contribution is 2.05. The van der Waals surface area contributed by atoms with E-state index in [1.807, 2.05) is 0 Å². The van der Waals surface area contributed by atoms with Crippen LogP contribution in [0.3, 0.4) is 0 Å². The molecule has 6 nitrogen and oxygen atoms in total. The number of amides is 1. The van der Waals surface area contributed by atoms with Crippen LogP contribution in [0, 0.1) is 5.41 Å². The number of aromatic nitrogens is 1. The summed E-state index contributed by atoms with van der Waals surface area (Å²) in [4.78, 5) is 15.5. The van der Waals surface area contributed by atoms with Crippen LogP contribution in [0.4, 0.5) is 5.69 Å². The standard InChI is InChI=1S/C12H15ClN4O2S/c1-20(19)6-4-11(18)17-10(12(13)14)8-16-9-3-2-5-15-7-9/h2-3,5,7-8,14,16H,4,6H2,1H3,(H,17,18)/b10-8+,14-12?. The lowest BCUT2D eigenvalue weighted by Gasteiger charge is -2.08. The number of carbonyl (C=O) groups is 1. The number of hydrogen-bond acceptors (Lipinski definition) is 5. The quantitative estimate of drug-likeness (QED) is 0.664. The maximum Gasteiger partial charge on any atom is 0.225 e. The van der Waals surface area contributed by atoms with Crippen molar-refractivity contribution in [3.05, 3.63) is 36.4 Å². The zero-order valence-corrected chi connectivity index (χ0v) is 12.4. The summed E-state index contributed by atoms with van der Waals surface area (Å²) in [7, 11) is -1.04. The minimum Gasteiger partial charge on any atom is -0.358 e. The van der Waals surface area contributed by atoms with Crippen molar-refractivity contribution in [3.8, 4) is 0 Å². The Balaban J connectivity index is 2.62. The minimum absolute atomic E-state index is 0.109. The molecule has 1 amide bonds. The van der Waals surface area contributed by atoms with Gasteiger partial charge in [-0.25, -0.2) is 0 Å². The van der Waals surface area contributed by atoms with E-state index in [4.69, 9.17) is 17.0 Å². The maximum atomic E-state index is 11.6. The number of rotatable bonds is 7. The molecular weight excluding hydrogens is 300 g/mol. The molecule has 20 heavy (non-hydrogen) atoms. The molecule has 0 aromatic carbocycles. The number of allylic oxidation sites excluding steroid dienone is 1. The van der Waals surface area contributed by atoms with Crippen molar-refractivity contribution in [2.24, 2.45) is 0 Å². The Hall–Kier alpha value is -1.73. The molecule has 1 heterocycles. The van der Waals surface area contributed by atoms with Gasteiger partial charge in [0, 0.05) is 41.6 Å². The molecule has 0 saturated heterocycles. The third kappa shape index (κ3) is 6.44. The number of halogens is 1. The molecule has 3 N–H and O–H groups in total. The monoisotopic (exact) mass is 314 g/mol. The average Bonchev–Trinajstić information content (AvgIpc) is 2.42. The molecule has 108 valence electrons. The number of anilines is 1. The number of carbonyl (C=O) groups excluding carboxylic acids is 1. The Labute approximate surface area is 124 Å². The third-order valence-electron chi connectivity index (χ3n) is 2.17. The van der Waals surface area contributed by atoms with Crippen molar-refractivity contribution in [1.29, 1.82) is 5.41 Å². The van der Waals surface area contributed by atoms with Crippen LogP contribution in [-0.4, -0.2) is 32.3 Å². The van der Waals surface area contributed by atoms with Crippen molar-refractivity contribution in [2.75, 3.05) is 17.3 Å². The number of nitrogens with zero attached hydrogens (tertiary/aromatic N) is 1. The predicted octanol–water partition coefficient (Wildman–Crippen LogP) is 1.44. The molecular formula is C12H15ClN4O2S. The first kappa shape index (κ1) is 16.3. The highest BCUT2D eigenvalue weighted by Gasteiger charge is 2.08. The lowest BCUT2D eigenvalue weighted by molar-refractivity contribution is -0.119. The van der Waals surface area contributed by atoms with Gasteiger partial charge < -0.3 is 10.6 Å². The van der Waals surface area contributed by atoms with E-state index in [1.165, 1.54) is 12.5 Å². The van der Waals surface area contributed by atoms with Crippen molar-refractivity contribution in [1.82, 2.24) is 10.3 Å². The second-order valence-electron chi connectivity index (χ2n) is 3.83. The summed E-state index contributed by atoms with van der Waals surface area (Å²) in [5, 5.41) is 12.5. The lowest BCUT2D eigenvalue weighted by Crippen LogP contribution is -2.27. The summed E-state index contributed by atoms with van der Waals surface area (Å²) in [6, 6.07) is 3.53. The maximum absolute atomic E-state index is 11.6. The smallest absolute Gasteiger partial charge is 0.225 e. The Morgan fingerprint density at radius 1 is 1.60 bits per heavy atom. The molecule has 1 aromatic heterocycles. The largest absolute Gasteiger partial charge is 0.358 e. The van der Waals surface area contributed by atoms with Gasteiger partial charge in [-0.2, -0.15) is 0 Å². The van der Waals surface area contributed by atoms with Gasteiger partial charge in [0.1, 0.15) is 5.17 Å². The Kier molecular flexibility index (Phi) is 6.89. The SMILES string of the molecule is CS(=O)CCC(=O)N/C(=C/Nc1cccnc1)C(=N)Cl. The van der Waals surface area contributed by atoms with Crippen LogP contribution in [-0.2, 0) is 15.6 Å². The van der Waals surface area contributed by atoms with Crippen LogP contribution in [0.25, 0.3) is 0 Å². The number of hydrogen-bond donors (Lipinski definition) is 3. The summed E-state index contributed by atoms with van der Waals surface area (Å²) in [5.41, 5.74) is 0.842. The first-order valence-electron chi connectivity index (χ1n) is 5.70. The highest BCUT2D eigenvalue weighted by molar-refractivity contribution is 7.84. The number of nitrogens with one attached hydrogen (secondary N) is 3. The summed E-state index contributed by atoms with van der Waals surface area (Å²) in [5.74, 6) is -0.0741. The van der Waals surface area contributed by atoms with Gasteiger partial charge in [0.2, 0.25) is 5.91 Å². The fraction of sp³-hybridized carbons (Fsp3) is 0.250. The van der Waals surface area contributed by atoms with E-state index in [0.29, 0.717) is 5.69 Å². The van der Waals surface area contributed by atoms with Gasteiger partial charge in [-0.3, -0.25) is 19.4 Å².